The van der Waals surface area contributed by atoms with Crippen LogP contribution >= 0.6 is 34.2 Å². The third-order valence-electron chi connectivity index (χ3n) is 5.55. The Morgan fingerprint density at radius 2 is 1.97 bits per heavy atom. The molecule has 0 saturated carbocycles. The van der Waals surface area contributed by atoms with E-state index < -0.39 is 0 Å². The fourth-order valence-electron chi connectivity index (χ4n) is 4.08. The summed E-state index contributed by atoms with van der Waals surface area (Å²) in [4.78, 5) is 19.8. The lowest BCUT2D eigenvalue weighted by Gasteiger charge is -2.21. The Bertz CT molecular complexity index is 1030. The summed E-state index contributed by atoms with van der Waals surface area (Å²) < 4.78 is 15.9. The van der Waals surface area contributed by atoms with Crippen LogP contribution in [0.5, 0.6) is 0 Å². The molecular formula is C21H21ClFIN4O. The minimum absolute atomic E-state index is 0.0502. The van der Waals surface area contributed by atoms with Crippen molar-refractivity contribution in [3.8, 4) is 5.69 Å². The first-order valence-corrected chi connectivity index (χ1v) is 11.0. The Balaban J connectivity index is 1.68. The van der Waals surface area contributed by atoms with E-state index in [1.165, 1.54) is 12.1 Å². The quantitative estimate of drug-likeness (QED) is 0.513. The number of hydrogen-bond donors (Lipinski definition) is 0. The molecule has 2 unspecified atom stereocenters. The molecule has 1 aromatic carbocycles. The Morgan fingerprint density at radius 3 is 2.55 bits per heavy atom. The molecule has 4 rings (SSSR count). The van der Waals surface area contributed by atoms with Crippen LogP contribution in [0.3, 0.4) is 0 Å². The number of halogens is 3. The Labute approximate surface area is 187 Å². The van der Waals surface area contributed by atoms with Gasteiger partial charge in [-0.2, -0.15) is 5.10 Å². The van der Waals surface area contributed by atoms with Crippen LogP contribution < -0.4 is 4.90 Å². The van der Waals surface area contributed by atoms with Gasteiger partial charge in [-0.25, -0.2) is 9.07 Å². The van der Waals surface area contributed by atoms with Crippen molar-refractivity contribution in [3.05, 3.63) is 52.6 Å². The summed E-state index contributed by atoms with van der Waals surface area (Å²) in [6.07, 6.45) is 2.45. The van der Waals surface area contributed by atoms with Crippen molar-refractivity contribution >= 4 is 49.5 Å². The molecule has 5 nitrogen and oxygen atoms in total. The molecular weight excluding hydrogens is 506 g/mol. The van der Waals surface area contributed by atoms with Gasteiger partial charge < -0.3 is 4.90 Å². The first-order chi connectivity index (χ1) is 13.8. The standard InChI is InChI=1S/C21H21ClFIN4O/c1-11(2)19-16(10-25-28(19)14-6-4-13(23)5-7-14)27-9-8-15(21(27)29)18-12(3)17(22)20(24)26-18/h4-7,10-11,15,18H,8-9H2,1-3H3. The Hall–Kier alpha value is -1.74. The number of aliphatic imine (C=N–C) groups is 1. The second-order valence-corrected chi connectivity index (χ2v) is 9.10. The molecule has 3 heterocycles. The summed E-state index contributed by atoms with van der Waals surface area (Å²) in [7, 11) is 0. The van der Waals surface area contributed by atoms with Crippen molar-refractivity contribution < 1.29 is 9.18 Å². The number of anilines is 1. The summed E-state index contributed by atoms with van der Waals surface area (Å²) in [6.45, 7) is 6.69. The molecule has 1 saturated heterocycles. The Kier molecular flexibility index (Phi) is 5.54. The van der Waals surface area contributed by atoms with Gasteiger partial charge >= 0.3 is 0 Å². The summed E-state index contributed by atoms with van der Waals surface area (Å²) in [6, 6.07) is 6.02. The lowest BCUT2D eigenvalue weighted by molar-refractivity contribution is -0.120. The van der Waals surface area contributed by atoms with Crippen LogP contribution in [-0.2, 0) is 4.79 Å². The van der Waals surface area contributed by atoms with E-state index >= 15 is 0 Å². The molecule has 2 aromatic rings. The van der Waals surface area contributed by atoms with E-state index in [1.54, 1.807) is 23.0 Å². The van der Waals surface area contributed by atoms with Gasteiger partial charge in [0.2, 0.25) is 5.91 Å². The lowest BCUT2D eigenvalue weighted by atomic mass is 9.94. The zero-order chi connectivity index (χ0) is 20.9. The summed E-state index contributed by atoms with van der Waals surface area (Å²) in [5.74, 6) is -0.330. The van der Waals surface area contributed by atoms with Crippen LogP contribution in [0.4, 0.5) is 10.1 Å². The van der Waals surface area contributed by atoms with Gasteiger partial charge in [0, 0.05) is 6.54 Å². The monoisotopic (exact) mass is 526 g/mol. The number of nitrogens with zero attached hydrogens (tertiary/aromatic N) is 4. The van der Waals surface area contributed by atoms with E-state index in [0.29, 0.717) is 11.6 Å². The highest BCUT2D eigenvalue weighted by atomic mass is 127. The SMILES string of the molecule is CC1=C(Cl)C(I)=NC1C1CCN(c2cnn(-c3ccc(F)cc3)c2C(C)C)C1=O. The highest BCUT2D eigenvalue weighted by Crippen LogP contribution is 2.39. The molecule has 8 heteroatoms. The molecule has 0 bridgehead atoms. The third-order valence-corrected chi connectivity index (χ3v) is 7.16. The number of rotatable bonds is 4. The molecule has 29 heavy (non-hydrogen) atoms. The van der Waals surface area contributed by atoms with Crippen molar-refractivity contribution in [2.75, 3.05) is 11.4 Å². The van der Waals surface area contributed by atoms with Gasteiger partial charge in [0.25, 0.3) is 0 Å². The first-order valence-electron chi connectivity index (χ1n) is 9.54. The normalized spacial score (nSPS) is 22.2. The van der Waals surface area contributed by atoms with Gasteiger partial charge in [-0.15, -0.1) is 0 Å². The number of carbonyl (C=O) groups is 1. The van der Waals surface area contributed by atoms with Crippen molar-refractivity contribution in [3.63, 3.8) is 0 Å². The van der Waals surface area contributed by atoms with Gasteiger partial charge in [-0.05, 0) is 71.7 Å². The van der Waals surface area contributed by atoms with Gasteiger partial charge in [0.15, 0.2) is 0 Å². The van der Waals surface area contributed by atoms with Crippen LogP contribution in [0, 0.1) is 11.7 Å². The fourth-order valence-corrected chi connectivity index (χ4v) is 4.97. The van der Waals surface area contributed by atoms with Gasteiger partial charge in [0.1, 0.15) is 9.54 Å². The number of allylic oxidation sites excluding steroid dienone is 1. The van der Waals surface area contributed by atoms with E-state index in [4.69, 9.17) is 11.6 Å². The number of amides is 1. The molecule has 1 amide bonds. The molecule has 0 aliphatic carbocycles. The molecule has 152 valence electrons. The first kappa shape index (κ1) is 20.5. The van der Waals surface area contributed by atoms with E-state index in [0.717, 1.165) is 32.8 Å². The minimum atomic E-state index is -0.293. The summed E-state index contributed by atoms with van der Waals surface area (Å²) in [5, 5.41) is 5.18. The van der Waals surface area contributed by atoms with E-state index in [9.17, 15) is 9.18 Å². The summed E-state index contributed by atoms with van der Waals surface area (Å²) in [5.41, 5.74) is 3.47. The highest BCUT2D eigenvalue weighted by molar-refractivity contribution is 14.1. The molecule has 2 aliphatic rings. The van der Waals surface area contributed by atoms with Crippen LogP contribution in [0.15, 0.2) is 46.1 Å². The maximum Gasteiger partial charge on any atom is 0.232 e. The maximum absolute atomic E-state index is 13.3. The van der Waals surface area contributed by atoms with Crippen LogP contribution in [-0.4, -0.2) is 32.0 Å². The zero-order valence-corrected chi connectivity index (χ0v) is 19.3. The van der Waals surface area contributed by atoms with Crippen molar-refractivity contribution in [2.24, 2.45) is 10.9 Å². The topological polar surface area (TPSA) is 50.5 Å². The molecule has 0 N–H and O–H groups in total. The van der Waals surface area contributed by atoms with Gasteiger partial charge in [-0.1, -0.05) is 25.4 Å². The Morgan fingerprint density at radius 1 is 1.28 bits per heavy atom. The summed E-state index contributed by atoms with van der Waals surface area (Å²) >= 11 is 8.43. The molecule has 1 fully saturated rings. The van der Waals surface area contributed by atoms with Crippen molar-refractivity contribution in [1.82, 2.24) is 9.78 Å². The maximum atomic E-state index is 13.3. The fraction of sp³-hybridized carbons (Fsp3) is 0.381. The number of aromatic nitrogens is 2. The van der Waals surface area contributed by atoms with Crippen molar-refractivity contribution in [2.45, 2.75) is 39.2 Å². The predicted molar refractivity (Wildman–Crippen MR) is 122 cm³/mol. The van der Waals surface area contributed by atoms with E-state index in [1.807, 2.05) is 11.8 Å². The second-order valence-electron chi connectivity index (χ2n) is 7.70. The highest BCUT2D eigenvalue weighted by Gasteiger charge is 2.42. The molecule has 1 aromatic heterocycles. The average Bonchev–Trinajstić information content (AvgIpc) is 3.35. The number of hydrogen-bond acceptors (Lipinski definition) is 3. The lowest BCUT2D eigenvalue weighted by Crippen LogP contribution is -2.32. The molecule has 0 radical (unpaired) electrons. The van der Waals surface area contributed by atoms with E-state index in [2.05, 4.69) is 46.5 Å². The predicted octanol–water partition coefficient (Wildman–Crippen LogP) is 5.22. The van der Waals surface area contributed by atoms with Crippen LogP contribution in [0.1, 0.15) is 38.8 Å². The third kappa shape index (κ3) is 3.52. The van der Waals surface area contributed by atoms with Gasteiger partial charge in [-0.3, -0.25) is 9.79 Å². The second kappa shape index (κ2) is 7.83. The smallest absolute Gasteiger partial charge is 0.232 e. The zero-order valence-electron chi connectivity index (χ0n) is 16.4. The number of benzene rings is 1. The number of carbonyl (C=O) groups excluding carboxylic acids is 1. The largest absolute Gasteiger partial charge is 0.309 e. The van der Waals surface area contributed by atoms with Crippen molar-refractivity contribution in [1.29, 1.82) is 0 Å². The van der Waals surface area contributed by atoms with E-state index in [-0.39, 0.29) is 29.6 Å². The van der Waals surface area contributed by atoms with Crippen LogP contribution in [0.25, 0.3) is 5.69 Å². The van der Waals surface area contributed by atoms with Gasteiger partial charge in [0.05, 0.1) is 40.3 Å². The van der Waals surface area contributed by atoms with Crippen LogP contribution in [0.2, 0.25) is 0 Å². The molecule has 2 atom stereocenters. The molecule has 0 spiro atoms. The minimum Gasteiger partial charge on any atom is -0.309 e. The average molecular weight is 527 g/mol. The molecule has 2 aliphatic heterocycles.